The Hall–Kier alpha value is -3.11. The molecule has 1 unspecified atom stereocenters. The van der Waals surface area contributed by atoms with Crippen LogP contribution in [0.1, 0.15) is 24.5 Å². The van der Waals surface area contributed by atoms with Gasteiger partial charge in [-0.15, -0.1) is 0 Å². The van der Waals surface area contributed by atoms with E-state index >= 15 is 0 Å². The van der Waals surface area contributed by atoms with Crippen LogP contribution < -0.4 is 16.1 Å². The molecule has 1 aliphatic heterocycles. The summed E-state index contributed by atoms with van der Waals surface area (Å²) < 4.78 is 25.5. The van der Waals surface area contributed by atoms with E-state index in [0.29, 0.717) is 5.56 Å². The van der Waals surface area contributed by atoms with Crippen molar-refractivity contribution in [3.05, 3.63) is 85.8 Å². The number of nitriles is 1. The molecule has 0 aliphatic carbocycles. The highest BCUT2D eigenvalue weighted by Crippen LogP contribution is 2.43. The molecule has 2 aromatic carbocycles. The molecular formula is C20H14BrFN2O3. The van der Waals surface area contributed by atoms with Crippen molar-refractivity contribution in [1.82, 2.24) is 0 Å². The van der Waals surface area contributed by atoms with Crippen LogP contribution in [0.3, 0.4) is 0 Å². The van der Waals surface area contributed by atoms with Crippen LogP contribution in [0.25, 0.3) is 11.0 Å². The first-order chi connectivity index (χ1) is 12.5. The summed E-state index contributed by atoms with van der Waals surface area (Å²) in [7, 11) is 0. The number of hydrogen-bond acceptors (Lipinski definition) is 5. The molecule has 0 saturated heterocycles. The average molecular weight is 429 g/mol. The molecule has 5 nitrogen and oxygen atoms in total. The molecule has 0 saturated carbocycles. The smallest absolute Gasteiger partial charge is 0.344 e. The van der Waals surface area contributed by atoms with Gasteiger partial charge in [0.05, 0.1) is 16.9 Å². The molecule has 0 bridgehead atoms. The van der Waals surface area contributed by atoms with Gasteiger partial charge in [-0.3, -0.25) is 0 Å². The second-order valence-corrected chi connectivity index (χ2v) is 6.66. The van der Waals surface area contributed by atoms with Crippen LogP contribution in [0.4, 0.5) is 4.39 Å². The van der Waals surface area contributed by atoms with Crippen LogP contribution in [0, 0.1) is 17.1 Å². The third-order valence-electron chi connectivity index (χ3n) is 4.23. The Morgan fingerprint density at radius 2 is 1.89 bits per heavy atom. The molecule has 2 N–H and O–H groups in total. The Labute approximate surface area is 162 Å². The third kappa shape index (κ3) is 2.98. The molecule has 0 amide bonds. The molecule has 4 rings (SSSR count). The van der Waals surface area contributed by atoms with Crippen LogP contribution in [-0.4, -0.2) is 0 Å². The van der Waals surface area contributed by atoms with Crippen molar-refractivity contribution in [3.8, 4) is 11.8 Å². The van der Waals surface area contributed by atoms with Gasteiger partial charge in [0.15, 0.2) is 5.75 Å². The highest BCUT2D eigenvalue weighted by Gasteiger charge is 2.35. The summed E-state index contributed by atoms with van der Waals surface area (Å²) in [4.78, 5) is 12.7. The Morgan fingerprint density at radius 3 is 2.56 bits per heavy atom. The standard InChI is InChI=1S/C19H10BrFN2O3.CH4/c20-10-3-1-9(2-4-10)15-13(8-22)18(23)26-17-12-7-11(21)5-6-14(12)25-19(24)16(15)17;/h1-7,15H,23H2;1H4. The molecule has 2 heterocycles. The number of benzene rings is 2. The number of hydrogen-bond donors (Lipinski definition) is 1. The Balaban J connectivity index is 0.00000210. The highest BCUT2D eigenvalue weighted by atomic mass is 79.9. The van der Waals surface area contributed by atoms with E-state index in [9.17, 15) is 14.4 Å². The molecule has 1 aliphatic rings. The SMILES string of the molecule is C.N#CC1=C(N)Oc2c(c(=O)oc3ccc(F)cc23)C1c1ccc(Br)cc1. The largest absolute Gasteiger partial charge is 0.439 e. The molecule has 0 fully saturated rings. The summed E-state index contributed by atoms with van der Waals surface area (Å²) in [6.45, 7) is 0. The molecule has 0 radical (unpaired) electrons. The maximum absolute atomic E-state index is 13.7. The summed E-state index contributed by atoms with van der Waals surface area (Å²) in [5.41, 5.74) is 6.35. The van der Waals surface area contributed by atoms with Crippen molar-refractivity contribution in [2.45, 2.75) is 13.3 Å². The minimum absolute atomic E-state index is 0. The van der Waals surface area contributed by atoms with Crippen molar-refractivity contribution in [1.29, 1.82) is 5.26 Å². The number of rotatable bonds is 1. The van der Waals surface area contributed by atoms with Crippen molar-refractivity contribution < 1.29 is 13.5 Å². The molecule has 1 atom stereocenters. The van der Waals surface area contributed by atoms with Crippen LogP contribution in [0.5, 0.6) is 5.75 Å². The number of ether oxygens (including phenoxy) is 1. The van der Waals surface area contributed by atoms with E-state index in [4.69, 9.17) is 14.9 Å². The molecule has 1 aromatic heterocycles. The van der Waals surface area contributed by atoms with Gasteiger partial charge in [-0.25, -0.2) is 9.18 Å². The van der Waals surface area contributed by atoms with Gasteiger partial charge in [0.1, 0.15) is 23.0 Å². The van der Waals surface area contributed by atoms with Gasteiger partial charge in [-0.1, -0.05) is 35.5 Å². The van der Waals surface area contributed by atoms with E-state index in [1.54, 1.807) is 24.3 Å². The predicted octanol–water partition coefficient (Wildman–Crippen LogP) is 4.55. The van der Waals surface area contributed by atoms with Gasteiger partial charge in [-0.2, -0.15) is 5.26 Å². The number of nitrogens with zero attached hydrogens (tertiary/aromatic N) is 1. The van der Waals surface area contributed by atoms with Crippen molar-refractivity contribution in [2.24, 2.45) is 5.73 Å². The fourth-order valence-electron chi connectivity index (χ4n) is 3.08. The number of nitrogens with two attached hydrogens (primary N) is 1. The van der Waals surface area contributed by atoms with Crippen LogP contribution in [0.2, 0.25) is 0 Å². The lowest BCUT2D eigenvalue weighted by atomic mass is 9.84. The Bertz CT molecular complexity index is 1180. The first kappa shape index (κ1) is 18.7. The van der Waals surface area contributed by atoms with Gasteiger partial charge < -0.3 is 14.9 Å². The van der Waals surface area contributed by atoms with Gasteiger partial charge in [-0.05, 0) is 35.9 Å². The summed E-state index contributed by atoms with van der Waals surface area (Å²) in [6.07, 6.45) is 0. The number of halogens is 2. The fourth-order valence-corrected chi connectivity index (χ4v) is 3.34. The maximum atomic E-state index is 13.7. The Morgan fingerprint density at radius 1 is 1.19 bits per heavy atom. The summed E-state index contributed by atoms with van der Waals surface area (Å²) in [5.74, 6) is -1.28. The molecule has 136 valence electrons. The van der Waals surface area contributed by atoms with Gasteiger partial charge in [0, 0.05) is 4.47 Å². The number of fused-ring (bicyclic) bond motifs is 3. The van der Waals surface area contributed by atoms with Crippen molar-refractivity contribution in [3.63, 3.8) is 0 Å². The van der Waals surface area contributed by atoms with E-state index in [1.165, 1.54) is 18.2 Å². The number of allylic oxidation sites excluding steroid dienone is 1. The van der Waals surface area contributed by atoms with Crippen LogP contribution in [-0.2, 0) is 0 Å². The van der Waals surface area contributed by atoms with E-state index in [0.717, 1.165) is 4.47 Å². The minimum atomic E-state index is -0.763. The van der Waals surface area contributed by atoms with Crippen LogP contribution >= 0.6 is 15.9 Å². The highest BCUT2D eigenvalue weighted by molar-refractivity contribution is 9.10. The normalized spacial score (nSPS) is 15.5. The van der Waals surface area contributed by atoms with E-state index in [2.05, 4.69) is 15.9 Å². The lowest BCUT2D eigenvalue weighted by Gasteiger charge is -2.26. The van der Waals surface area contributed by atoms with E-state index < -0.39 is 17.4 Å². The fraction of sp³-hybridized carbons (Fsp3) is 0.100. The molecular weight excluding hydrogens is 415 g/mol. The molecule has 27 heavy (non-hydrogen) atoms. The van der Waals surface area contributed by atoms with Gasteiger partial charge in [0.25, 0.3) is 0 Å². The zero-order valence-electron chi connectivity index (χ0n) is 13.1. The summed E-state index contributed by atoms with van der Waals surface area (Å²) >= 11 is 3.35. The minimum Gasteiger partial charge on any atom is -0.439 e. The van der Waals surface area contributed by atoms with Crippen LogP contribution in [0.15, 0.2) is 67.6 Å². The lowest BCUT2D eigenvalue weighted by Crippen LogP contribution is -2.26. The lowest BCUT2D eigenvalue weighted by molar-refractivity contribution is 0.388. The first-order valence-corrected chi connectivity index (χ1v) is 8.38. The zero-order chi connectivity index (χ0) is 18.4. The van der Waals surface area contributed by atoms with Crippen molar-refractivity contribution in [2.75, 3.05) is 0 Å². The molecule has 3 aromatic rings. The zero-order valence-corrected chi connectivity index (χ0v) is 14.7. The monoisotopic (exact) mass is 428 g/mol. The average Bonchev–Trinajstić information content (AvgIpc) is 2.62. The molecule has 7 heteroatoms. The quantitative estimate of drug-likeness (QED) is 0.574. The van der Waals surface area contributed by atoms with Crippen molar-refractivity contribution >= 4 is 26.9 Å². The predicted molar refractivity (Wildman–Crippen MR) is 103 cm³/mol. The second-order valence-electron chi connectivity index (χ2n) is 5.75. The topological polar surface area (TPSA) is 89.3 Å². The maximum Gasteiger partial charge on any atom is 0.344 e. The van der Waals surface area contributed by atoms with E-state index in [-0.39, 0.29) is 41.2 Å². The Kier molecular flexibility index (Phi) is 4.77. The molecule has 0 spiro atoms. The summed E-state index contributed by atoms with van der Waals surface area (Å²) in [5, 5.41) is 9.83. The summed E-state index contributed by atoms with van der Waals surface area (Å²) in [6, 6.07) is 12.9. The van der Waals surface area contributed by atoms with Gasteiger partial charge >= 0.3 is 5.63 Å². The second kappa shape index (κ2) is 6.89. The van der Waals surface area contributed by atoms with Gasteiger partial charge in [0.2, 0.25) is 5.88 Å². The first-order valence-electron chi connectivity index (χ1n) is 7.59. The third-order valence-corrected chi connectivity index (χ3v) is 4.76. The van der Waals surface area contributed by atoms with E-state index in [1.807, 2.05) is 6.07 Å².